The Labute approximate surface area is 108 Å². The molecule has 0 saturated heterocycles. The molecule has 0 unspecified atom stereocenters. The van der Waals surface area contributed by atoms with Crippen LogP contribution in [0.1, 0.15) is 42.8 Å². The van der Waals surface area contributed by atoms with Gasteiger partial charge in [-0.3, -0.25) is 0 Å². The molecule has 96 valence electrons. The Morgan fingerprint density at radius 1 is 1.41 bits per heavy atom. The van der Waals surface area contributed by atoms with E-state index in [0.717, 1.165) is 25.2 Å². The van der Waals surface area contributed by atoms with Crippen molar-refractivity contribution in [2.45, 2.75) is 51.0 Å². The summed E-state index contributed by atoms with van der Waals surface area (Å²) in [6.45, 7) is 3.99. The van der Waals surface area contributed by atoms with Crippen molar-refractivity contribution in [1.29, 1.82) is 0 Å². The molecule has 1 aromatic heterocycles. The van der Waals surface area contributed by atoms with Crippen LogP contribution in [0.3, 0.4) is 0 Å². The molecule has 2 rings (SSSR count). The minimum absolute atomic E-state index is 0.0526. The van der Waals surface area contributed by atoms with Crippen molar-refractivity contribution in [3.05, 3.63) is 16.1 Å². The normalized spacial score (nSPS) is 19.4. The minimum atomic E-state index is 0.0526. The lowest BCUT2D eigenvalue weighted by Gasteiger charge is -2.33. The molecule has 4 heteroatoms. The summed E-state index contributed by atoms with van der Waals surface area (Å²) in [5.41, 5.74) is 7.55. The van der Waals surface area contributed by atoms with Crippen LogP contribution >= 0.6 is 11.3 Å². The molecule has 1 heterocycles. The molecule has 1 aliphatic carbocycles. The van der Waals surface area contributed by atoms with Gasteiger partial charge in [0.1, 0.15) is 0 Å². The highest BCUT2D eigenvalue weighted by Crippen LogP contribution is 2.25. The van der Waals surface area contributed by atoms with Gasteiger partial charge in [0.05, 0.1) is 5.01 Å². The molecule has 0 spiro atoms. The molecular weight excluding hydrogens is 230 g/mol. The third kappa shape index (κ3) is 4.05. The van der Waals surface area contributed by atoms with Crippen LogP contribution in [0.15, 0.2) is 5.38 Å². The van der Waals surface area contributed by atoms with Crippen LogP contribution in [0.4, 0.5) is 0 Å². The highest BCUT2D eigenvalue weighted by atomic mass is 32.1. The SMILES string of the molecule is Cc1csc(CCNCC2(N)CCCCC2)n1. The molecule has 0 atom stereocenters. The summed E-state index contributed by atoms with van der Waals surface area (Å²) in [6, 6.07) is 0. The molecule has 1 aromatic rings. The maximum Gasteiger partial charge on any atom is 0.0940 e. The fourth-order valence-corrected chi connectivity index (χ4v) is 3.26. The Bertz CT molecular complexity index is 342. The first-order valence-electron chi connectivity index (χ1n) is 6.59. The van der Waals surface area contributed by atoms with Crippen molar-refractivity contribution in [2.24, 2.45) is 5.73 Å². The van der Waals surface area contributed by atoms with Crippen molar-refractivity contribution in [3.8, 4) is 0 Å². The monoisotopic (exact) mass is 253 g/mol. The van der Waals surface area contributed by atoms with Gasteiger partial charge in [0.15, 0.2) is 0 Å². The lowest BCUT2D eigenvalue weighted by atomic mass is 9.82. The first kappa shape index (κ1) is 13.0. The summed E-state index contributed by atoms with van der Waals surface area (Å²) in [5.74, 6) is 0. The van der Waals surface area contributed by atoms with Gasteiger partial charge >= 0.3 is 0 Å². The van der Waals surface area contributed by atoms with E-state index in [1.165, 1.54) is 37.1 Å². The third-order valence-corrected chi connectivity index (χ3v) is 4.54. The standard InChI is InChI=1S/C13H23N3S/c1-11-9-17-12(16-11)5-8-15-10-13(14)6-3-2-4-7-13/h9,15H,2-8,10,14H2,1H3. The predicted octanol–water partition coefficient (Wildman–Crippen LogP) is 2.25. The van der Waals surface area contributed by atoms with E-state index in [-0.39, 0.29) is 5.54 Å². The van der Waals surface area contributed by atoms with Gasteiger partial charge in [-0.25, -0.2) is 4.98 Å². The number of nitrogens with zero attached hydrogens (tertiary/aromatic N) is 1. The van der Waals surface area contributed by atoms with E-state index in [9.17, 15) is 0 Å². The van der Waals surface area contributed by atoms with Gasteiger partial charge < -0.3 is 11.1 Å². The quantitative estimate of drug-likeness (QED) is 0.791. The summed E-state index contributed by atoms with van der Waals surface area (Å²) >= 11 is 1.75. The number of rotatable bonds is 5. The zero-order valence-corrected chi connectivity index (χ0v) is 11.5. The Morgan fingerprint density at radius 2 is 2.18 bits per heavy atom. The average Bonchev–Trinajstić information content (AvgIpc) is 2.72. The van der Waals surface area contributed by atoms with Crippen molar-refractivity contribution in [3.63, 3.8) is 0 Å². The Kier molecular flexibility index (Phi) is 4.54. The summed E-state index contributed by atoms with van der Waals surface area (Å²) in [7, 11) is 0. The second kappa shape index (κ2) is 5.94. The van der Waals surface area contributed by atoms with Crippen LogP contribution in [0.5, 0.6) is 0 Å². The fraction of sp³-hybridized carbons (Fsp3) is 0.769. The molecular formula is C13H23N3S. The zero-order chi connectivity index (χ0) is 12.1. The van der Waals surface area contributed by atoms with Gasteiger partial charge in [-0.1, -0.05) is 19.3 Å². The molecule has 0 bridgehead atoms. The molecule has 3 nitrogen and oxygen atoms in total. The van der Waals surface area contributed by atoms with Gasteiger partial charge in [-0.15, -0.1) is 11.3 Å². The van der Waals surface area contributed by atoms with Crippen molar-refractivity contribution >= 4 is 11.3 Å². The Balaban J connectivity index is 1.65. The fourth-order valence-electron chi connectivity index (χ4n) is 2.48. The lowest BCUT2D eigenvalue weighted by Crippen LogP contribution is -2.50. The third-order valence-electron chi connectivity index (χ3n) is 3.51. The van der Waals surface area contributed by atoms with E-state index < -0.39 is 0 Å². The molecule has 0 aliphatic heterocycles. The van der Waals surface area contributed by atoms with E-state index in [2.05, 4.69) is 15.7 Å². The molecule has 0 aromatic carbocycles. The molecule has 17 heavy (non-hydrogen) atoms. The lowest BCUT2D eigenvalue weighted by molar-refractivity contribution is 0.284. The Hall–Kier alpha value is -0.450. The van der Waals surface area contributed by atoms with Gasteiger partial charge in [0, 0.05) is 36.1 Å². The number of nitrogens with one attached hydrogen (secondary N) is 1. The van der Waals surface area contributed by atoms with E-state index in [0.29, 0.717) is 0 Å². The number of aryl methyl sites for hydroxylation is 1. The molecule has 1 saturated carbocycles. The van der Waals surface area contributed by atoms with Gasteiger partial charge in [0.25, 0.3) is 0 Å². The van der Waals surface area contributed by atoms with E-state index in [1.54, 1.807) is 11.3 Å². The van der Waals surface area contributed by atoms with Gasteiger partial charge in [-0.2, -0.15) is 0 Å². The van der Waals surface area contributed by atoms with Crippen LogP contribution in [-0.2, 0) is 6.42 Å². The molecule has 1 aliphatic rings. The summed E-state index contributed by atoms with van der Waals surface area (Å²) in [4.78, 5) is 4.46. The van der Waals surface area contributed by atoms with Crippen LogP contribution in [0.2, 0.25) is 0 Å². The smallest absolute Gasteiger partial charge is 0.0940 e. The van der Waals surface area contributed by atoms with Crippen molar-refractivity contribution in [1.82, 2.24) is 10.3 Å². The summed E-state index contributed by atoms with van der Waals surface area (Å²) in [6.07, 6.45) is 7.33. The number of nitrogens with two attached hydrogens (primary N) is 1. The molecule has 3 N–H and O–H groups in total. The molecule has 0 radical (unpaired) electrons. The van der Waals surface area contributed by atoms with Gasteiger partial charge in [0.2, 0.25) is 0 Å². The first-order valence-corrected chi connectivity index (χ1v) is 7.47. The average molecular weight is 253 g/mol. The number of hydrogen-bond acceptors (Lipinski definition) is 4. The summed E-state index contributed by atoms with van der Waals surface area (Å²) in [5, 5.41) is 6.83. The highest BCUT2D eigenvalue weighted by molar-refractivity contribution is 7.09. The van der Waals surface area contributed by atoms with Crippen LogP contribution in [-0.4, -0.2) is 23.6 Å². The zero-order valence-electron chi connectivity index (χ0n) is 10.7. The highest BCUT2D eigenvalue weighted by Gasteiger charge is 2.26. The van der Waals surface area contributed by atoms with E-state index in [4.69, 9.17) is 5.73 Å². The van der Waals surface area contributed by atoms with Crippen LogP contribution in [0.25, 0.3) is 0 Å². The topological polar surface area (TPSA) is 50.9 Å². The minimum Gasteiger partial charge on any atom is -0.324 e. The maximum atomic E-state index is 6.37. The predicted molar refractivity (Wildman–Crippen MR) is 73.4 cm³/mol. The number of hydrogen-bond donors (Lipinski definition) is 2. The van der Waals surface area contributed by atoms with Crippen LogP contribution in [0, 0.1) is 6.92 Å². The largest absolute Gasteiger partial charge is 0.324 e. The first-order chi connectivity index (χ1) is 8.18. The maximum absolute atomic E-state index is 6.37. The number of thiazole rings is 1. The number of aromatic nitrogens is 1. The second-order valence-corrected chi connectivity index (χ2v) is 6.18. The van der Waals surface area contributed by atoms with E-state index in [1.807, 2.05) is 6.92 Å². The second-order valence-electron chi connectivity index (χ2n) is 5.23. The summed E-state index contributed by atoms with van der Waals surface area (Å²) < 4.78 is 0. The van der Waals surface area contributed by atoms with Crippen molar-refractivity contribution in [2.75, 3.05) is 13.1 Å². The van der Waals surface area contributed by atoms with E-state index >= 15 is 0 Å². The molecule has 1 fully saturated rings. The van der Waals surface area contributed by atoms with Gasteiger partial charge in [-0.05, 0) is 19.8 Å². The van der Waals surface area contributed by atoms with Crippen molar-refractivity contribution < 1.29 is 0 Å². The van der Waals surface area contributed by atoms with Crippen LogP contribution < -0.4 is 11.1 Å². The Morgan fingerprint density at radius 3 is 2.82 bits per heavy atom. The molecule has 0 amide bonds.